The second-order valence-electron chi connectivity index (χ2n) is 2.40. The molecule has 0 aromatic carbocycles. The van der Waals surface area contributed by atoms with Gasteiger partial charge in [-0.2, -0.15) is 0 Å². The van der Waals surface area contributed by atoms with Crippen molar-refractivity contribution in [3.63, 3.8) is 0 Å². The topological polar surface area (TPSA) is 29.3 Å². The Morgan fingerprint density at radius 1 is 1.50 bits per heavy atom. The fraction of sp³-hybridized carbons (Fsp3) is 0.125. The van der Waals surface area contributed by atoms with E-state index in [0.717, 1.165) is 11.5 Å². The Balaban J connectivity index is 2.47. The van der Waals surface area contributed by atoms with Crippen LogP contribution in [-0.4, -0.2) is 15.6 Å². The van der Waals surface area contributed by atoms with Crippen molar-refractivity contribution >= 4 is 23.4 Å². The molecule has 0 bridgehead atoms. The van der Waals surface area contributed by atoms with Crippen LogP contribution in [0.15, 0.2) is 30.6 Å². The molecule has 1 N–H and O–H groups in total. The molecule has 0 unspecified atom stereocenters. The van der Waals surface area contributed by atoms with Gasteiger partial charge < -0.3 is 9.12 Å². The summed E-state index contributed by atoms with van der Waals surface area (Å²) in [6.45, 7) is 0. The molecule has 2 aromatic heterocycles. The first-order valence-corrected chi connectivity index (χ1v) is 4.85. The van der Waals surface area contributed by atoms with Crippen molar-refractivity contribution in [2.45, 2.75) is 0 Å². The summed E-state index contributed by atoms with van der Waals surface area (Å²) < 4.78 is 5.07. The van der Waals surface area contributed by atoms with E-state index in [4.69, 9.17) is 0 Å². The Morgan fingerprint density at radius 2 is 2.42 bits per heavy atom. The molecular formula is C8H9N3S. The maximum atomic E-state index is 4.33. The van der Waals surface area contributed by atoms with Crippen molar-refractivity contribution < 1.29 is 0 Å². The molecule has 2 heterocycles. The van der Waals surface area contributed by atoms with Crippen molar-refractivity contribution in [3.8, 4) is 0 Å². The second kappa shape index (κ2) is 3.06. The van der Waals surface area contributed by atoms with Crippen molar-refractivity contribution in [2.75, 3.05) is 11.0 Å². The number of nitrogens with one attached hydrogen (secondary N) is 1. The molecule has 0 amide bonds. The average Bonchev–Trinajstić information content (AvgIpc) is 2.47. The predicted octanol–water partition coefficient (Wildman–Crippen LogP) is 2.02. The number of pyridine rings is 1. The monoisotopic (exact) mass is 179 g/mol. The summed E-state index contributed by atoms with van der Waals surface area (Å²) in [5.74, 6) is 0.897. The van der Waals surface area contributed by atoms with Gasteiger partial charge >= 0.3 is 0 Å². The third-order valence-electron chi connectivity index (χ3n) is 1.57. The lowest BCUT2D eigenvalue weighted by atomic mass is 10.5. The van der Waals surface area contributed by atoms with Gasteiger partial charge in [0.1, 0.15) is 5.65 Å². The number of aromatic nitrogens is 2. The zero-order valence-corrected chi connectivity index (χ0v) is 7.51. The fourth-order valence-electron chi connectivity index (χ4n) is 1.09. The van der Waals surface area contributed by atoms with Gasteiger partial charge in [0.25, 0.3) is 0 Å². The number of rotatable bonds is 2. The van der Waals surface area contributed by atoms with Crippen LogP contribution in [-0.2, 0) is 0 Å². The largest absolute Gasteiger partial charge is 0.313 e. The summed E-state index contributed by atoms with van der Waals surface area (Å²) in [6.07, 6.45) is 5.92. The molecule has 0 fully saturated rings. The molecule has 0 aliphatic carbocycles. The highest BCUT2D eigenvalue weighted by Gasteiger charge is 1.97. The number of imidazole rings is 1. The van der Waals surface area contributed by atoms with E-state index in [1.54, 1.807) is 11.9 Å². The van der Waals surface area contributed by atoms with E-state index < -0.39 is 0 Å². The molecular weight excluding hydrogens is 170 g/mol. The summed E-state index contributed by atoms with van der Waals surface area (Å²) in [5, 5.41) is 0. The van der Waals surface area contributed by atoms with Gasteiger partial charge in [0.15, 0.2) is 5.82 Å². The fourth-order valence-corrected chi connectivity index (χ4v) is 1.40. The summed E-state index contributed by atoms with van der Waals surface area (Å²) in [7, 11) is 0. The first-order valence-electron chi connectivity index (χ1n) is 3.63. The molecule has 0 aliphatic rings. The van der Waals surface area contributed by atoms with E-state index in [-0.39, 0.29) is 0 Å². The normalized spacial score (nSPS) is 10.4. The van der Waals surface area contributed by atoms with Gasteiger partial charge in [-0.05, 0) is 12.1 Å². The van der Waals surface area contributed by atoms with E-state index in [1.165, 1.54) is 0 Å². The predicted molar refractivity (Wildman–Crippen MR) is 52.3 cm³/mol. The first-order chi connectivity index (χ1) is 5.90. The zero-order chi connectivity index (χ0) is 8.39. The Labute approximate surface area is 74.9 Å². The molecule has 2 rings (SSSR count). The molecule has 12 heavy (non-hydrogen) atoms. The molecule has 0 saturated carbocycles. The molecule has 0 radical (unpaired) electrons. The van der Waals surface area contributed by atoms with Gasteiger partial charge in [-0.1, -0.05) is 18.0 Å². The lowest BCUT2D eigenvalue weighted by Crippen LogP contribution is -1.81. The Kier molecular flexibility index (Phi) is 1.91. The van der Waals surface area contributed by atoms with Gasteiger partial charge in [0, 0.05) is 12.5 Å². The van der Waals surface area contributed by atoms with Crippen molar-refractivity contribution in [3.05, 3.63) is 30.6 Å². The second-order valence-corrected chi connectivity index (χ2v) is 3.01. The molecule has 62 valence electrons. The minimum atomic E-state index is 0.897. The van der Waals surface area contributed by atoms with Crippen LogP contribution >= 0.6 is 11.9 Å². The number of fused-ring (bicyclic) bond motifs is 1. The van der Waals surface area contributed by atoms with Gasteiger partial charge in [0.05, 0.1) is 6.20 Å². The van der Waals surface area contributed by atoms with Gasteiger partial charge in [-0.25, -0.2) is 4.98 Å². The summed E-state index contributed by atoms with van der Waals surface area (Å²) >= 11 is 1.54. The summed E-state index contributed by atoms with van der Waals surface area (Å²) in [5.41, 5.74) is 0.967. The Morgan fingerprint density at radius 3 is 3.17 bits per heavy atom. The van der Waals surface area contributed by atoms with E-state index in [9.17, 15) is 0 Å². The van der Waals surface area contributed by atoms with E-state index >= 15 is 0 Å². The number of anilines is 1. The molecule has 3 nitrogen and oxygen atoms in total. The smallest absolute Gasteiger partial charge is 0.155 e. The van der Waals surface area contributed by atoms with E-state index in [2.05, 4.69) is 9.71 Å². The minimum Gasteiger partial charge on any atom is -0.313 e. The Hall–Kier alpha value is -1.16. The SMILES string of the molecule is CSNc1cn2ccccc2n1. The first kappa shape index (κ1) is 7.49. The van der Waals surface area contributed by atoms with Crippen LogP contribution < -0.4 is 4.72 Å². The van der Waals surface area contributed by atoms with Crippen molar-refractivity contribution in [1.82, 2.24) is 9.38 Å². The lowest BCUT2D eigenvalue weighted by molar-refractivity contribution is 1.19. The lowest BCUT2D eigenvalue weighted by Gasteiger charge is -1.91. The van der Waals surface area contributed by atoms with Crippen LogP contribution in [0.25, 0.3) is 5.65 Å². The van der Waals surface area contributed by atoms with E-state index in [0.29, 0.717) is 0 Å². The molecule has 0 aliphatic heterocycles. The molecule has 2 aromatic rings. The highest BCUT2D eigenvalue weighted by atomic mass is 32.2. The number of nitrogens with zero attached hydrogens (tertiary/aromatic N) is 2. The third kappa shape index (κ3) is 1.25. The maximum absolute atomic E-state index is 4.33. The van der Waals surface area contributed by atoms with Crippen LogP contribution in [0, 0.1) is 0 Å². The highest BCUT2D eigenvalue weighted by molar-refractivity contribution is 7.99. The molecule has 4 heteroatoms. The van der Waals surface area contributed by atoms with Crippen molar-refractivity contribution in [2.24, 2.45) is 0 Å². The number of hydrogen-bond donors (Lipinski definition) is 1. The van der Waals surface area contributed by atoms with Crippen LogP contribution in [0.2, 0.25) is 0 Å². The summed E-state index contributed by atoms with van der Waals surface area (Å²) in [4.78, 5) is 4.33. The van der Waals surface area contributed by atoms with Gasteiger partial charge in [-0.3, -0.25) is 0 Å². The molecule has 0 saturated heterocycles. The third-order valence-corrected chi connectivity index (χ3v) is 1.98. The van der Waals surface area contributed by atoms with Crippen LogP contribution in [0.3, 0.4) is 0 Å². The van der Waals surface area contributed by atoms with Crippen molar-refractivity contribution in [1.29, 1.82) is 0 Å². The van der Waals surface area contributed by atoms with E-state index in [1.807, 2.05) is 41.2 Å². The quantitative estimate of drug-likeness (QED) is 0.715. The Bertz CT molecular complexity index is 349. The van der Waals surface area contributed by atoms with Gasteiger partial charge in [-0.15, -0.1) is 0 Å². The maximum Gasteiger partial charge on any atom is 0.155 e. The average molecular weight is 179 g/mol. The van der Waals surface area contributed by atoms with Gasteiger partial charge in [0.2, 0.25) is 0 Å². The standard InChI is InChI=1S/C8H9N3S/c1-12-10-7-6-11-5-3-2-4-8(11)9-7/h2-6,10H,1H3. The van der Waals surface area contributed by atoms with Crippen LogP contribution in [0.4, 0.5) is 5.82 Å². The van der Waals surface area contributed by atoms with Crippen LogP contribution in [0.1, 0.15) is 0 Å². The molecule has 0 spiro atoms. The number of hydrogen-bond acceptors (Lipinski definition) is 3. The van der Waals surface area contributed by atoms with Crippen LogP contribution in [0.5, 0.6) is 0 Å². The zero-order valence-electron chi connectivity index (χ0n) is 6.69. The minimum absolute atomic E-state index is 0.897. The molecule has 0 atom stereocenters. The summed E-state index contributed by atoms with van der Waals surface area (Å²) in [6, 6.07) is 5.94. The highest BCUT2D eigenvalue weighted by Crippen LogP contribution is 2.11.